The Balaban J connectivity index is 1.67. The first-order chi connectivity index (χ1) is 14.1. The number of nitrogens with zero attached hydrogens (tertiary/aromatic N) is 4. The number of nitrogen functional groups attached to an aromatic ring is 1. The van der Waals surface area contributed by atoms with Crippen LogP contribution >= 0.6 is 0 Å². The van der Waals surface area contributed by atoms with Gasteiger partial charge in [-0.2, -0.15) is 5.10 Å². The maximum absolute atomic E-state index is 6.50. The summed E-state index contributed by atoms with van der Waals surface area (Å²) in [6.45, 7) is 8.74. The Labute approximate surface area is 176 Å². The second-order valence-electron chi connectivity index (χ2n) is 9.38. The van der Waals surface area contributed by atoms with Crippen LogP contribution in [0.4, 0.5) is 11.5 Å². The fraction of sp³-hybridized carbons (Fsp3) is 0.476. The smallest absolute Gasteiger partial charge is 0.188 e. The highest BCUT2D eigenvalue weighted by atomic mass is 16.5. The molecule has 1 fully saturated rings. The quantitative estimate of drug-likeness (QED) is 0.381. The van der Waals surface area contributed by atoms with E-state index in [2.05, 4.69) is 53.4 Å². The number of rotatable bonds is 4. The number of benzene rings is 1. The molecule has 1 aliphatic heterocycles. The molecule has 4 rings (SSSR count). The van der Waals surface area contributed by atoms with Crippen molar-refractivity contribution in [2.45, 2.75) is 57.7 Å². The zero-order valence-corrected chi connectivity index (χ0v) is 18.2. The number of piperidine rings is 1. The van der Waals surface area contributed by atoms with Crippen LogP contribution < -0.4 is 26.6 Å². The highest BCUT2D eigenvalue weighted by Crippen LogP contribution is 2.36. The van der Waals surface area contributed by atoms with E-state index in [0.29, 0.717) is 22.9 Å². The summed E-state index contributed by atoms with van der Waals surface area (Å²) >= 11 is 0. The standard InChI is InChI=1S/C21H30N8O/c1-20(2)9-13(10-21(3,4)28-20)29(23)19-15(22)7-17(26-27-19)14-6-12-11-24-25-16(12)8-18(14)30-5/h6-8,11,13,28H,9-10,23H2,1-5H3,(H2,22,26)(H,24,25). The maximum Gasteiger partial charge on any atom is 0.188 e. The number of fused-ring (bicyclic) bond motifs is 1. The van der Waals surface area contributed by atoms with Crippen molar-refractivity contribution >= 4 is 22.4 Å². The van der Waals surface area contributed by atoms with Gasteiger partial charge in [-0.1, -0.05) is 0 Å². The molecule has 1 aliphatic rings. The van der Waals surface area contributed by atoms with Crippen molar-refractivity contribution in [3.8, 4) is 17.0 Å². The Bertz CT molecular complexity index is 1060. The molecule has 0 spiro atoms. The third-order valence-electron chi connectivity index (χ3n) is 5.65. The van der Waals surface area contributed by atoms with Crippen LogP contribution in [-0.4, -0.2) is 44.6 Å². The first kappa shape index (κ1) is 20.4. The fourth-order valence-corrected chi connectivity index (χ4v) is 4.71. The largest absolute Gasteiger partial charge is 0.496 e. The van der Waals surface area contributed by atoms with Crippen molar-refractivity contribution in [3.05, 3.63) is 24.4 Å². The highest BCUT2D eigenvalue weighted by Gasteiger charge is 2.40. The minimum atomic E-state index is -0.0421. The lowest BCUT2D eigenvalue weighted by Gasteiger charge is -2.48. The minimum absolute atomic E-state index is 0.0421. The van der Waals surface area contributed by atoms with Gasteiger partial charge >= 0.3 is 0 Å². The fourth-order valence-electron chi connectivity index (χ4n) is 4.71. The van der Waals surface area contributed by atoms with Crippen LogP contribution in [0.1, 0.15) is 40.5 Å². The molecule has 2 aromatic heterocycles. The second kappa shape index (κ2) is 7.10. The number of aromatic amines is 1. The molecule has 160 valence electrons. The van der Waals surface area contributed by atoms with E-state index >= 15 is 0 Å². The minimum Gasteiger partial charge on any atom is -0.496 e. The molecule has 6 N–H and O–H groups in total. The van der Waals surface area contributed by atoms with E-state index in [1.54, 1.807) is 24.4 Å². The van der Waals surface area contributed by atoms with Gasteiger partial charge in [-0.05, 0) is 52.7 Å². The van der Waals surface area contributed by atoms with E-state index in [0.717, 1.165) is 29.3 Å². The van der Waals surface area contributed by atoms with Crippen LogP contribution in [0, 0.1) is 0 Å². The van der Waals surface area contributed by atoms with Gasteiger partial charge in [-0.15, -0.1) is 10.2 Å². The van der Waals surface area contributed by atoms with Crippen LogP contribution in [0.2, 0.25) is 0 Å². The molecule has 0 aliphatic carbocycles. The van der Waals surface area contributed by atoms with E-state index in [9.17, 15) is 0 Å². The Morgan fingerprint density at radius 3 is 2.43 bits per heavy atom. The number of hydrogen-bond acceptors (Lipinski definition) is 8. The number of nitrogens with one attached hydrogen (secondary N) is 2. The summed E-state index contributed by atoms with van der Waals surface area (Å²) in [5.74, 6) is 7.66. The summed E-state index contributed by atoms with van der Waals surface area (Å²) in [5.41, 5.74) is 9.08. The van der Waals surface area contributed by atoms with Crippen LogP contribution in [0.3, 0.4) is 0 Å². The molecule has 0 amide bonds. The predicted molar refractivity (Wildman–Crippen MR) is 119 cm³/mol. The number of hydrazine groups is 1. The number of hydrogen-bond donors (Lipinski definition) is 4. The lowest BCUT2D eigenvalue weighted by Crippen LogP contribution is -2.63. The van der Waals surface area contributed by atoms with Gasteiger partial charge in [0.05, 0.1) is 36.2 Å². The van der Waals surface area contributed by atoms with Crippen molar-refractivity contribution in [1.82, 2.24) is 25.7 Å². The number of nitrogens with two attached hydrogens (primary N) is 2. The van der Waals surface area contributed by atoms with Gasteiger partial charge in [0.2, 0.25) is 0 Å². The molecule has 1 saturated heterocycles. The van der Waals surface area contributed by atoms with Gasteiger partial charge < -0.3 is 15.8 Å². The number of anilines is 2. The van der Waals surface area contributed by atoms with E-state index in [1.807, 2.05) is 12.1 Å². The molecular formula is C21H30N8O. The molecule has 30 heavy (non-hydrogen) atoms. The van der Waals surface area contributed by atoms with Gasteiger partial charge in [-0.3, -0.25) is 10.1 Å². The molecule has 0 atom stereocenters. The molecule has 3 aromatic rings. The topological polar surface area (TPSA) is 131 Å². The molecule has 0 bridgehead atoms. The molecule has 0 radical (unpaired) electrons. The van der Waals surface area contributed by atoms with Gasteiger partial charge in [0.1, 0.15) is 5.75 Å². The zero-order valence-electron chi connectivity index (χ0n) is 18.2. The summed E-state index contributed by atoms with van der Waals surface area (Å²) in [4.78, 5) is 0. The predicted octanol–water partition coefficient (Wildman–Crippen LogP) is 2.60. The summed E-state index contributed by atoms with van der Waals surface area (Å²) < 4.78 is 5.54. The highest BCUT2D eigenvalue weighted by molar-refractivity contribution is 5.87. The van der Waals surface area contributed by atoms with Crippen molar-refractivity contribution in [3.63, 3.8) is 0 Å². The van der Waals surface area contributed by atoms with Crippen molar-refractivity contribution in [2.75, 3.05) is 17.9 Å². The zero-order chi connectivity index (χ0) is 21.7. The molecule has 0 unspecified atom stereocenters. The Kier molecular flexibility index (Phi) is 4.82. The van der Waals surface area contributed by atoms with Crippen molar-refractivity contribution in [1.29, 1.82) is 0 Å². The van der Waals surface area contributed by atoms with E-state index < -0.39 is 0 Å². The number of H-pyrrole nitrogens is 1. The van der Waals surface area contributed by atoms with Crippen LogP contribution in [0.5, 0.6) is 5.75 Å². The summed E-state index contributed by atoms with van der Waals surface area (Å²) in [7, 11) is 1.62. The van der Waals surface area contributed by atoms with Gasteiger partial charge in [0.25, 0.3) is 0 Å². The normalized spacial score (nSPS) is 18.5. The second-order valence-corrected chi connectivity index (χ2v) is 9.38. The van der Waals surface area contributed by atoms with Crippen LogP contribution in [-0.2, 0) is 0 Å². The van der Waals surface area contributed by atoms with Gasteiger partial charge in [0, 0.05) is 28.1 Å². The first-order valence-electron chi connectivity index (χ1n) is 10.1. The van der Waals surface area contributed by atoms with Crippen LogP contribution in [0.25, 0.3) is 22.2 Å². The van der Waals surface area contributed by atoms with Crippen LogP contribution in [0.15, 0.2) is 24.4 Å². The lowest BCUT2D eigenvalue weighted by atomic mass is 9.79. The molecule has 9 nitrogen and oxygen atoms in total. The number of ether oxygens (including phenoxy) is 1. The average molecular weight is 411 g/mol. The van der Waals surface area contributed by atoms with Gasteiger partial charge in [0.15, 0.2) is 5.82 Å². The average Bonchev–Trinajstić information content (AvgIpc) is 3.11. The molecule has 1 aromatic carbocycles. The Morgan fingerprint density at radius 2 is 1.80 bits per heavy atom. The molecule has 9 heteroatoms. The van der Waals surface area contributed by atoms with Crippen molar-refractivity contribution in [2.24, 2.45) is 5.84 Å². The molecule has 3 heterocycles. The molecular weight excluding hydrogens is 380 g/mol. The SMILES string of the molecule is COc1cc2[nH]ncc2cc1-c1cc(N)c(N(N)C2CC(C)(C)NC(C)(C)C2)nn1. The Hall–Kier alpha value is -2.91. The maximum atomic E-state index is 6.50. The lowest BCUT2D eigenvalue weighted by molar-refractivity contribution is 0.158. The van der Waals surface area contributed by atoms with E-state index in [-0.39, 0.29) is 17.1 Å². The van der Waals surface area contributed by atoms with Gasteiger partial charge in [-0.25, -0.2) is 5.84 Å². The summed E-state index contributed by atoms with van der Waals surface area (Å²) in [5, 5.41) is 22.1. The Morgan fingerprint density at radius 1 is 1.10 bits per heavy atom. The first-order valence-corrected chi connectivity index (χ1v) is 10.1. The summed E-state index contributed by atoms with van der Waals surface area (Å²) in [6.07, 6.45) is 3.51. The van der Waals surface area contributed by atoms with E-state index in [4.69, 9.17) is 16.3 Å². The monoisotopic (exact) mass is 410 g/mol. The molecule has 0 saturated carbocycles. The number of methoxy groups -OCH3 is 1. The third kappa shape index (κ3) is 3.78. The summed E-state index contributed by atoms with van der Waals surface area (Å²) in [6, 6.07) is 5.73. The third-order valence-corrected chi connectivity index (χ3v) is 5.65. The van der Waals surface area contributed by atoms with E-state index in [1.165, 1.54) is 0 Å². The van der Waals surface area contributed by atoms with Crippen molar-refractivity contribution < 1.29 is 4.74 Å². The number of aromatic nitrogens is 4.